The van der Waals surface area contributed by atoms with Crippen molar-refractivity contribution in [1.29, 1.82) is 10.8 Å². The van der Waals surface area contributed by atoms with E-state index in [0.29, 0.717) is 11.3 Å². The summed E-state index contributed by atoms with van der Waals surface area (Å²) in [4.78, 5) is 25.0. The van der Waals surface area contributed by atoms with Crippen molar-refractivity contribution in [3.8, 4) is 5.75 Å². The van der Waals surface area contributed by atoms with E-state index in [1.807, 2.05) is 6.92 Å². The molecule has 0 saturated carbocycles. The molecule has 2 amide bonds. The molecular formula is C21H26N6O3. The van der Waals surface area contributed by atoms with E-state index >= 15 is 0 Å². The standard InChI is InChI=1S/C21H26N6O3/c1-12-9-14(30-2)3-4-15(12)19(23)27-21(29)16(11-22)20-25-17(10-18(28)26-20)13-5-7-24-8-6-13/h3-4,9-11,13,22,24-25H,5-8H2,1-2H3,(H,26,28)(H2,23,27,29)/b20-16-,22-11?. The smallest absolute Gasteiger partial charge is 0.262 e. The molecule has 2 aliphatic rings. The summed E-state index contributed by atoms with van der Waals surface area (Å²) in [6.45, 7) is 3.54. The van der Waals surface area contributed by atoms with Crippen molar-refractivity contribution >= 4 is 23.9 Å². The SMILES string of the molecule is COc1ccc(C(=N)NC(=O)/C(C=N)=C2\NC(=O)C=C(C3CCNCC3)N2)c(C)c1. The van der Waals surface area contributed by atoms with Crippen LogP contribution in [0.2, 0.25) is 0 Å². The van der Waals surface area contributed by atoms with E-state index < -0.39 is 5.91 Å². The summed E-state index contributed by atoms with van der Waals surface area (Å²) in [6.07, 6.45) is 4.14. The van der Waals surface area contributed by atoms with Crippen molar-refractivity contribution in [2.75, 3.05) is 20.2 Å². The van der Waals surface area contributed by atoms with Crippen LogP contribution in [0.25, 0.3) is 0 Å². The van der Waals surface area contributed by atoms with E-state index in [0.717, 1.165) is 43.4 Å². The number of carbonyl (C=O) groups is 2. The van der Waals surface area contributed by atoms with Crippen LogP contribution in [0.15, 0.2) is 41.4 Å². The van der Waals surface area contributed by atoms with Crippen LogP contribution in [-0.2, 0) is 9.59 Å². The summed E-state index contributed by atoms with van der Waals surface area (Å²) < 4.78 is 5.16. The van der Waals surface area contributed by atoms with Gasteiger partial charge in [-0.1, -0.05) is 0 Å². The molecule has 0 unspecified atom stereocenters. The fraction of sp³-hybridized carbons (Fsp3) is 0.333. The summed E-state index contributed by atoms with van der Waals surface area (Å²) in [7, 11) is 1.56. The third kappa shape index (κ3) is 4.74. The first kappa shape index (κ1) is 21.3. The lowest BCUT2D eigenvalue weighted by Gasteiger charge is -2.29. The molecule has 3 rings (SSSR count). The molecule has 158 valence electrons. The third-order valence-electron chi connectivity index (χ3n) is 5.18. The van der Waals surface area contributed by atoms with Crippen molar-refractivity contribution < 1.29 is 14.3 Å². The number of rotatable bonds is 5. The summed E-state index contributed by atoms with van der Waals surface area (Å²) in [5, 5.41) is 27.4. The third-order valence-corrected chi connectivity index (χ3v) is 5.18. The van der Waals surface area contributed by atoms with Gasteiger partial charge in [0, 0.05) is 29.5 Å². The normalized spacial score (nSPS) is 18.5. The van der Waals surface area contributed by atoms with Crippen LogP contribution in [0, 0.1) is 23.7 Å². The number of carbonyl (C=O) groups excluding carboxylic acids is 2. The lowest BCUT2D eigenvalue weighted by Crippen LogP contribution is -2.43. The Bertz CT molecular complexity index is 944. The van der Waals surface area contributed by atoms with Crippen LogP contribution in [-0.4, -0.2) is 44.1 Å². The van der Waals surface area contributed by atoms with Gasteiger partial charge in [-0.15, -0.1) is 0 Å². The van der Waals surface area contributed by atoms with Crippen molar-refractivity contribution in [2.45, 2.75) is 19.8 Å². The number of benzene rings is 1. The Balaban J connectivity index is 1.78. The molecule has 0 spiro atoms. The first-order valence-electron chi connectivity index (χ1n) is 9.73. The Morgan fingerprint density at radius 3 is 2.63 bits per heavy atom. The molecule has 9 nitrogen and oxygen atoms in total. The van der Waals surface area contributed by atoms with Gasteiger partial charge in [0.1, 0.15) is 17.4 Å². The predicted molar refractivity (Wildman–Crippen MR) is 113 cm³/mol. The number of ether oxygens (including phenoxy) is 1. The predicted octanol–water partition coefficient (Wildman–Crippen LogP) is 0.909. The second-order valence-electron chi connectivity index (χ2n) is 7.18. The van der Waals surface area contributed by atoms with Gasteiger partial charge >= 0.3 is 0 Å². The Morgan fingerprint density at radius 2 is 2.00 bits per heavy atom. The molecule has 0 atom stereocenters. The summed E-state index contributed by atoms with van der Waals surface area (Å²) >= 11 is 0. The number of nitrogens with one attached hydrogen (secondary N) is 6. The second kappa shape index (κ2) is 9.36. The highest BCUT2D eigenvalue weighted by molar-refractivity contribution is 6.20. The molecule has 0 aliphatic carbocycles. The highest BCUT2D eigenvalue weighted by Crippen LogP contribution is 2.22. The Labute approximate surface area is 175 Å². The minimum Gasteiger partial charge on any atom is -0.497 e. The summed E-state index contributed by atoms with van der Waals surface area (Å²) in [5.74, 6) is -0.101. The van der Waals surface area contributed by atoms with Gasteiger partial charge in [0.25, 0.3) is 11.8 Å². The van der Waals surface area contributed by atoms with Gasteiger partial charge in [0.05, 0.1) is 12.7 Å². The Morgan fingerprint density at radius 1 is 1.27 bits per heavy atom. The number of methoxy groups -OCH3 is 1. The number of piperidine rings is 1. The number of aryl methyl sites for hydroxylation is 1. The average molecular weight is 410 g/mol. The molecule has 0 aromatic heterocycles. The molecule has 0 bridgehead atoms. The maximum Gasteiger partial charge on any atom is 0.262 e. The first-order valence-corrected chi connectivity index (χ1v) is 9.73. The quantitative estimate of drug-likeness (QED) is 0.243. The molecule has 6 N–H and O–H groups in total. The molecule has 0 radical (unpaired) electrons. The van der Waals surface area contributed by atoms with Crippen molar-refractivity contribution in [3.63, 3.8) is 0 Å². The molecule has 9 heteroatoms. The Kier molecular flexibility index (Phi) is 6.63. The summed E-state index contributed by atoms with van der Waals surface area (Å²) in [5.41, 5.74) is 1.99. The lowest BCUT2D eigenvalue weighted by molar-refractivity contribution is -0.116. The van der Waals surface area contributed by atoms with Crippen molar-refractivity contribution in [2.24, 2.45) is 5.92 Å². The first-order chi connectivity index (χ1) is 14.4. The minimum absolute atomic E-state index is 0.0567. The van der Waals surface area contributed by atoms with Crippen LogP contribution in [0.1, 0.15) is 24.0 Å². The zero-order valence-electron chi connectivity index (χ0n) is 17.0. The van der Waals surface area contributed by atoms with Gasteiger partial charge in [-0.05, 0) is 56.6 Å². The second-order valence-corrected chi connectivity index (χ2v) is 7.18. The summed E-state index contributed by atoms with van der Waals surface area (Å²) in [6, 6.07) is 5.16. The van der Waals surface area contributed by atoms with Crippen LogP contribution in [0.4, 0.5) is 0 Å². The van der Waals surface area contributed by atoms with Gasteiger partial charge in [0.15, 0.2) is 0 Å². The molecule has 2 aliphatic heterocycles. The molecule has 2 heterocycles. The molecular weight excluding hydrogens is 384 g/mol. The van der Waals surface area contributed by atoms with Crippen LogP contribution in [0.3, 0.4) is 0 Å². The maximum absolute atomic E-state index is 12.8. The lowest BCUT2D eigenvalue weighted by atomic mass is 9.93. The zero-order valence-corrected chi connectivity index (χ0v) is 17.0. The number of hydrogen-bond donors (Lipinski definition) is 6. The molecule has 1 aromatic rings. The molecule has 30 heavy (non-hydrogen) atoms. The van der Waals surface area contributed by atoms with E-state index in [-0.39, 0.29) is 29.1 Å². The average Bonchev–Trinajstić information content (AvgIpc) is 2.74. The fourth-order valence-electron chi connectivity index (χ4n) is 3.54. The number of allylic oxidation sites excluding steroid dienone is 1. The van der Waals surface area contributed by atoms with Crippen molar-refractivity contribution in [1.82, 2.24) is 21.3 Å². The maximum atomic E-state index is 12.8. The Hall–Kier alpha value is -3.46. The zero-order chi connectivity index (χ0) is 21.7. The fourth-order valence-corrected chi connectivity index (χ4v) is 3.54. The van der Waals surface area contributed by atoms with Gasteiger partial charge in [-0.3, -0.25) is 15.0 Å². The molecule has 1 fully saturated rings. The highest BCUT2D eigenvalue weighted by atomic mass is 16.5. The minimum atomic E-state index is -0.653. The number of hydrogen-bond acceptors (Lipinski definition) is 7. The largest absolute Gasteiger partial charge is 0.497 e. The van der Waals surface area contributed by atoms with Gasteiger partial charge in [0.2, 0.25) is 0 Å². The van der Waals surface area contributed by atoms with Gasteiger partial charge in [-0.25, -0.2) is 0 Å². The van der Waals surface area contributed by atoms with Crippen LogP contribution in [0.5, 0.6) is 5.75 Å². The highest BCUT2D eigenvalue weighted by Gasteiger charge is 2.26. The topological polar surface area (TPSA) is 139 Å². The number of amidine groups is 1. The van der Waals surface area contributed by atoms with E-state index in [1.165, 1.54) is 6.08 Å². The monoisotopic (exact) mass is 410 g/mol. The van der Waals surface area contributed by atoms with Crippen LogP contribution >= 0.6 is 0 Å². The molecule has 1 aromatic carbocycles. The van der Waals surface area contributed by atoms with E-state index in [4.69, 9.17) is 15.6 Å². The van der Waals surface area contributed by atoms with Gasteiger partial charge < -0.3 is 31.4 Å². The van der Waals surface area contributed by atoms with E-state index in [9.17, 15) is 9.59 Å². The van der Waals surface area contributed by atoms with Gasteiger partial charge in [-0.2, -0.15) is 0 Å². The van der Waals surface area contributed by atoms with Crippen molar-refractivity contribution in [3.05, 3.63) is 52.5 Å². The van der Waals surface area contributed by atoms with E-state index in [2.05, 4.69) is 21.3 Å². The molecule has 1 saturated heterocycles. The number of amides is 2. The van der Waals surface area contributed by atoms with Crippen LogP contribution < -0.4 is 26.0 Å². The van der Waals surface area contributed by atoms with E-state index in [1.54, 1.807) is 25.3 Å².